The molecule has 82 valence electrons. The number of nitrogens with zero attached hydrogens (tertiary/aromatic N) is 1. The largest absolute Gasteiger partial charge is 0.313 e. The second-order valence-electron chi connectivity index (χ2n) is 4.85. The van der Waals surface area contributed by atoms with Gasteiger partial charge >= 0.3 is 0 Å². The van der Waals surface area contributed by atoms with Crippen LogP contribution in [0.1, 0.15) is 45.4 Å². The third-order valence-corrected chi connectivity index (χ3v) is 3.84. The van der Waals surface area contributed by atoms with Gasteiger partial charge in [-0.25, -0.2) is 0 Å². The van der Waals surface area contributed by atoms with Crippen LogP contribution in [0.5, 0.6) is 0 Å². The van der Waals surface area contributed by atoms with Crippen molar-refractivity contribution < 1.29 is 0 Å². The van der Waals surface area contributed by atoms with Crippen LogP contribution < -0.4 is 5.32 Å². The van der Waals surface area contributed by atoms with Gasteiger partial charge in [0, 0.05) is 18.6 Å². The smallest absolute Gasteiger partial charge is 0.0195 e. The van der Waals surface area contributed by atoms with Gasteiger partial charge in [-0.1, -0.05) is 13.3 Å². The molecule has 0 unspecified atom stereocenters. The van der Waals surface area contributed by atoms with E-state index in [0.717, 1.165) is 12.1 Å². The van der Waals surface area contributed by atoms with Gasteiger partial charge in [0.2, 0.25) is 0 Å². The van der Waals surface area contributed by atoms with Crippen molar-refractivity contribution in [2.45, 2.75) is 57.5 Å². The Morgan fingerprint density at radius 3 is 2.86 bits per heavy atom. The fourth-order valence-corrected chi connectivity index (χ4v) is 2.96. The zero-order valence-corrected chi connectivity index (χ0v) is 9.47. The third-order valence-electron chi connectivity index (χ3n) is 3.84. The Morgan fingerprint density at radius 2 is 2.14 bits per heavy atom. The van der Waals surface area contributed by atoms with E-state index in [1.807, 2.05) is 0 Å². The van der Waals surface area contributed by atoms with Gasteiger partial charge in [0.1, 0.15) is 0 Å². The van der Waals surface area contributed by atoms with E-state index in [2.05, 4.69) is 17.1 Å². The molecule has 2 heterocycles. The molecule has 2 aliphatic heterocycles. The summed E-state index contributed by atoms with van der Waals surface area (Å²) in [6.07, 6.45) is 8.43. The van der Waals surface area contributed by atoms with Crippen molar-refractivity contribution in [3.05, 3.63) is 0 Å². The molecule has 1 N–H and O–H groups in total. The summed E-state index contributed by atoms with van der Waals surface area (Å²) in [7, 11) is 0. The highest BCUT2D eigenvalue weighted by Crippen LogP contribution is 2.20. The number of piperidine rings is 1. The fourth-order valence-electron chi connectivity index (χ4n) is 2.96. The highest BCUT2D eigenvalue weighted by atomic mass is 15.2. The molecule has 2 rings (SSSR count). The lowest BCUT2D eigenvalue weighted by Gasteiger charge is -2.36. The average molecular weight is 196 g/mol. The van der Waals surface area contributed by atoms with E-state index < -0.39 is 0 Å². The summed E-state index contributed by atoms with van der Waals surface area (Å²) in [4.78, 5) is 2.73. The lowest BCUT2D eigenvalue weighted by atomic mass is 9.99. The maximum atomic E-state index is 3.61. The van der Waals surface area contributed by atoms with Crippen LogP contribution in [0, 0.1) is 0 Å². The molecule has 14 heavy (non-hydrogen) atoms. The summed E-state index contributed by atoms with van der Waals surface area (Å²) in [5, 5.41) is 3.61. The topological polar surface area (TPSA) is 15.3 Å². The van der Waals surface area contributed by atoms with E-state index in [4.69, 9.17) is 0 Å². The van der Waals surface area contributed by atoms with Crippen molar-refractivity contribution >= 4 is 0 Å². The van der Waals surface area contributed by atoms with Gasteiger partial charge in [-0.3, -0.25) is 4.90 Å². The van der Waals surface area contributed by atoms with Gasteiger partial charge in [-0.2, -0.15) is 0 Å². The molecule has 0 amide bonds. The summed E-state index contributed by atoms with van der Waals surface area (Å²) in [6, 6.07) is 1.67. The summed E-state index contributed by atoms with van der Waals surface area (Å²) in [6.45, 7) is 6.23. The van der Waals surface area contributed by atoms with Crippen LogP contribution in [0.2, 0.25) is 0 Å². The maximum absolute atomic E-state index is 3.61. The van der Waals surface area contributed by atoms with Crippen LogP contribution in [0.3, 0.4) is 0 Å². The Balaban J connectivity index is 1.81. The molecule has 0 saturated carbocycles. The first-order valence-corrected chi connectivity index (χ1v) is 6.37. The molecule has 0 aromatic rings. The lowest BCUT2D eigenvalue weighted by molar-refractivity contribution is 0.132. The summed E-state index contributed by atoms with van der Waals surface area (Å²) < 4.78 is 0. The molecule has 2 fully saturated rings. The minimum Gasteiger partial charge on any atom is -0.313 e. The Hall–Kier alpha value is -0.0800. The van der Waals surface area contributed by atoms with E-state index in [1.165, 1.54) is 58.2 Å². The standard InChI is InChI=1S/C12H24N2/c1-2-12-7-3-4-9-14(12)10-11-6-5-8-13-11/h11-13H,2-10H2,1H3/t11-,12-/m0/s1. The normalized spacial score (nSPS) is 34.9. The third kappa shape index (κ3) is 2.48. The molecule has 2 nitrogen and oxygen atoms in total. The van der Waals surface area contributed by atoms with Gasteiger partial charge in [-0.05, 0) is 45.2 Å². The number of likely N-dealkylation sites (tertiary alicyclic amines) is 1. The molecule has 2 aliphatic rings. The van der Waals surface area contributed by atoms with Crippen LogP contribution in [0.4, 0.5) is 0 Å². The molecule has 0 aromatic heterocycles. The van der Waals surface area contributed by atoms with E-state index in [-0.39, 0.29) is 0 Å². The molecular weight excluding hydrogens is 172 g/mol. The van der Waals surface area contributed by atoms with Crippen molar-refractivity contribution in [3.63, 3.8) is 0 Å². The molecule has 0 spiro atoms. The molecule has 0 bridgehead atoms. The monoisotopic (exact) mass is 196 g/mol. The number of hydrogen-bond donors (Lipinski definition) is 1. The minimum absolute atomic E-state index is 0.794. The van der Waals surface area contributed by atoms with E-state index in [9.17, 15) is 0 Å². The van der Waals surface area contributed by atoms with Crippen molar-refractivity contribution in [1.29, 1.82) is 0 Å². The first-order valence-electron chi connectivity index (χ1n) is 6.37. The quantitative estimate of drug-likeness (QED) is 0.743. The highest BCUT2D eigenvalue weighted by Gasteiger charge is 2.24. The second kappa shape index (κ2) is 5.13. The van der Waals surface area contributed by atoms with Crippen LogP contribution in [0.15, 0.2) is 0 Å². The molecular formula is C12H24N2. The van der Waals surface area contributed by atoms with E-state index in [0.29, 0.717) is 0 Å². The highest BCUT2D eigenvalue weighted by molar-refractivity contribution is 4.83. The zero-order valence-electron chi connectivity index (χ0n) is 9.47. The van der Waals surface area contributed by atoms with Crippen LogP contribution in [-0.4, -0.2) is 36.6 Å². The number of nitrogens with one attached hydrogen (secondary N) is 1. The minimum atomic E-state index is 0.794. The lowest BCUT2D eigenvalue weighted by Crippen LogP contribution is -2.45. The molecule has 2 atom stereocenters. The van der Waals surface area contributed by atoms with E-state index in [1.54, 1.807) is 0 Å². The molecule has 0 aliphatic carbocycles. The maximum Gasteiger partial charge on any atom is 0.0195 e. The number of rotatable bonds is 3. The van der Waals surface area contributed by atoms with Crippen molar-refractivity contribution in [2.75, 3.05) is 19.6 Å². The van der Waals surface area contributed by atoms with Gasteiger partial charge < -0.3 is 5.32 Å². The summed E-state index contributed by atoms with van der Waals surface area (Å²) in [5.74, 6) is 0. The Labute approximate surface area is 88.1 Å². The Bertz CT molecular complexity index is 164. The van der Waals surface area contributed by atoms with E-state index >= 15 is 0 Å². The number of hydrogen-bond acceptors (Lipinski definition) is 2. The molecule has 2 saturated heterocycles. The fraction of sp³-hybridized carbons (Fsp3) is 1.00. The Kier molecular flexibility index (Phi) is 3.82. The molecule has 0 aromatic carbocycles. The second-order valence-corrected chi connectivity index (χ2v) is 4.85. The van der Waals surface area contributed by atoms with Crippen molar-refractivity contribution in [2.24, 2.45) is 0 Å². The van der Waals surface area contributed by atoms with Crippen LogP contribution in [0.25, 0.3) is 0 Å². The average Bonchev–Trinajstić information content (AvgIpc) is 2.71. The van der Waals surface area contributed by atoms with Gasteiger partial charge in [-0.15, -0.1) is 0 Å². The summed E-state index contributed by atoms with van der Waals surface area (Å²) >= 11 is 0. The molecule has 2 heteroatoms. The van der Waals surface area contributed by atoms with Gasteiger partial charge in [0.25, 0.3) is 0 Å². The predicted molar refractivity (Wildman–Crippen MR) is 60.5 cm³/mol. The summed E-state index contributed by atoms with van der Waals surface area (Å²) in [5.41, 5.74) is 0. The van der Waals surface area contributed by atoms with Gasteiger partial charge in [0.15, 0.2) is 0 Å². The first kappa shape index (κ1) is 10.4. The predicted octanol–water partition coefficient (Wildman–Crippen LogP) is 2.00. The molecule has 0 radical (unpaired) electrons. The first-order chi connectivity index (χ1) is 6.90. The van der Waals surface area contributed by atoms with Crippen LogP contribution >= 0.6 is 0 Å². The van der Waals surface area contributed by atoms with Crippen molar-refractivity contribution in [3.8, 4) is 0 Å². The van der Waals surface area contributed by atoms with Crippen molar-refractivity contribution in [1.82, 2.24) is 10.2 Å². The zero-order chi connectivity index (χ0) is 9.80. The Morgan fingerprint density at radius 1 is 1.21 bits per heavy atom. The van der Waals surface area contributed by atoms with Gasteiger partial charge in [0.05, 0.1) is 0 Å². The van der Waals surface area contributed by atoms with Crippen LogP contribution in [-0.2, 0) is 0 Å². The SMILES string of the molecule is CC[C@H]1CCCCN1C[C@@H]1CCCN1.